The zero-order valence-electron chi connectivity index (χ0n) is 10.9. The molecule has 19 heavy (non-hydrogen) atoms. The number of amides is 1. The first-order valence-corrected chi connectivity index (χ1v) is 6.34. The Bertz CT molecular complexity index is 520. The highest BCUT2D eigenvalue weighted by Crippen LogP contribution is 2.12. The Labute approximate surface area is 113 Å². The summed E-state index contributed by atoms with van der Waals surface area (Å²) in [5, 5.41) is 2.77. The van der Waals surface area contributed by atoms with Crippen LogP contribution >= 0.6 is 0 Å². The number of nitrogens with one attached hydrogen (secondary N) is 1. The predicted octanol–water partition coefficient (Wildman–Crippen LogP) is 3.27. The second-order valence-corrected chi connectivity index (χ2v) is 4.20. The molecule has 1 amide bonds. The Kier molecular flexibility index (Phi) is 4.56. The molecule has 1 N–H and O–H groups in total. The van der Waals surface area contributed by atoms with Crippen LogP contribution in [0.4, 0.5) is 5.69 Å². The van der Waals surface area contributed by atoms with Gasteiger partial charge in [-0.3, -0.25) is 4.79 Å². The molecule has 3 heteroatoms. The lowest BCUT2D eigenvalue weighted by Crippen LogP contribution is -2.20. The zero-order valence-corrected chi connectivity index (χ0v) is 10.9. The largest absolute Gasteiger partial charge is 0.484 e. The van der Waals surface area contributed by atoms with Crippen LogP contribution in [-0.4, -0.2) is 12.5 Å². The molecular weight excluding hydrogens is 238 g/mol. The van der Waals surface area contributed by atoms with Crippen LogP contribution in [0.5, 0.6) is 5.75 Å². The van der Waals surface area contributed by atoms with Crippen LogP contribution in [0, 0.1) is 0 Å². The van der Waals surface area contributed by atoms with Crippen molar-refractivity contribution in [1.29, 1.82) is 0 Å². The van der Waals surface area contributed by atoms with Gasteiger partial charge >= 0.3 is 0 Å². The van der Waals surface area contributed by atoms with Crippen molar-refractivity contribution < 1.29 is 9.53 Å². The van der Waals surface area contributed by atoms with E-state index in [2.05, 4.69) is 12.2 Å². The third kappa shape index (κ3) is 4.14. The number of hydrogen-bond donors (Lipinski definition) is 1. The topological polar surface area (TPSA) is 38.3 Å². The maximum Gasteiger partial charge on any atom is 0.262 e. The van der Waals surface area contributed by atoms with Crippen molar-refractivity contribution in [3.05, 3.63) is 60.2 Å². The van der Waals surface area contributed by atoms with Crippen LogP contribution in [0.15, 0.2) is 54.6 Å². The Hall–Kier alpha value is -2.29. The van der Waals surface area contributed by atoms with Gasteiger partial charge in [0.15, 0.2) is 6.61 Å². The van der Waals surface area contributed by atoms with Crippen LogP contribution in [-0.2, 0) is 11.2 Å². The molecule has 0 aliphatic heterocycles. The molecule has 2 aromatic carbocycles. The number of rotatable bonds is 5. The molecule has 0 fully saturated rings. The van der Waals surface area contributed by atoms with Gasteiger partial charge in [-0.25, -0.2) is 0 Å². The molecule has 0 aliphatic carbocycles. The van der Waals surface area contributed by atoms with E-state index in [1.807, 2.05) is 54.6 Å². The number of benzene rings is 2. The van der Waals surface area contributed by atoms with Gasteiger partial charge in [0.2, 0.25) is 0 Å². The molecule has 0 saturated heterocycles. The van der Waals surface area contributed by atoms with Gasteiger partial charge in [0.25, 0.3) is 5.91 Å². The summed E-state index contributed by atoms with van der Waals surface area (Å²) in [7, 11) is 0. The van der Waals surface area contributed by atoms with E-state index in [-0.39, 0.29) is 12.5 Å². The van der Waals surface area contributed by atoms with Crippen molar-refractivity contribution in [3.63, 3.8) is 0 Å². The first-order valence-electron chi connectivity index (χ1n) is 6.34. The number of aryl methyl sites for hydroxylation is 1. The molecule has 2 rings (SSSR count). The quantitative estimate of drug-likeness (QED) is 0.890. The third-order valence-electron chi connectivity index (χ3n) is 2.76. The molecule has 0 bridgehead atoms. The van der Waals surface area contributed by atoms with Crippen LogP contribution in [0.2, 0.25) is 0 Å². The lowest BCUT2D eigenvalue weighted by atomic mass is 10.2. The van der Waals surface area contributed by atoms with E-state index in [1.165, 1.54) is 5.56 Å². The van der Waals surface area contributed by atoms with Gasteiger partial charge < -0.3 is 10.1 Å². The summed E-state index contributed by atoms with van der Waals surface area (Å²) in [5.41, 5.74) is 2.03. The average Bonchev–Trinajstić information content (AvgIpc) is 2.47. The van der Waals surface area contributed by atoms with E-state index in [0.717, 1.165) is 12.1 Å². The average molecular weight is 255 g/mol. The van der Waals surface area contributed by atoms with Gasteiger partial charge in [0, 0.05) is 5.69 Å². The molecule has 0 spiro atoms. The van der Waals surface area contributed by atoms with Gasteiger partial charge in [-0.1, -0.05) is 37.3 Å². The van der Waals surface area contributed by atoms with Crippen molar-refractivity contribution in [2.45, 2.75) is 13.3 Å². The number of hydrogen-bond acceptors (Lipinski definition) is 2. The molecule has 0 saturated carbocycles. The van der Waals surface area contributed by atoms with Crippen molar-refractivity contribution in [2.24, 2.45) is 0 Å². The minimum absolute atomic E-state index is 0.0143. The minimum Gasteiger partial charge on any atom is -0.484 e. The second-order valence-electron chi connectivity index (χ2n) is 4.20. The first kappa shape index (κ1) is 13.1. The fraction of sp³-hybridized carbons (Fsp3) is 0.188. The van der Waals surface area contributed by atoms with Gasteiger partial charge in [0.1, 0.15) is 5.75 Å². The van der Waals surface area contributed by atoms with E-state index in [1.54, 1.807) is 0 Å². The molecule has 0 aromatic heterocycles. The summed E-state index contributed by atoms with van der Waals surface area (Å²) >= 11 is 0. The molecular formula is C16H17NO2. The smallest absolute Gasteiger partial charge is 0.262 e. The molecule has 0 atom stereocenters. The molecule has 3 nitrogen and oxygen atoms in total. The Morgan fingerprint density at radius 3 is 2.37 bits per heavy atom. The molecule has 2 aromatic rings. The first-order chi connectivity index (χ1) is 9.28. The predicted molar refractivity (Wildman–Crippen MR) is 76.4 cm³/mol. The van der Waals surface area contributed by atoms with E-state index in [9.17, 15) is 4.79 Å². The summed E-state index contributed by atoms with van der Waals surface area (Å²) in [6.07, 6.45) is 0.995. The van der Waals surface area contributed by atoms with E-state index in [0.29, 0.717) is 5.75 Å². The highest BCUT2D eigenvalue weighted by atomic mass is 16.5. The summed E-state index contributed by atoms with van der Waals surface area (Å²) < 4.78 is 5.43. The monoisotopic (exact) mass is 255 g/mol. The van der Waals surface area contributed by atoms with Crippen molar-refractivity contribution >= 4 is 11.6 Å². The standard InChI is InChI=1S/C16H17NO2/c1-2-13-8-10-15(11-9-13)19-12-16(18)17-14-6-4-3-5-7-14/h3-11H,2,12H2,1H3,(H,17,18). The normalized spacial score (nSPS) is 9.95. The minimum atomic E-state index is -0.161. The highest BCUT2D eigenvalue weighted by molar-refractivity contribution is 5.91. The number of para-hydroxylation sites is 1. The summed E-state index contributed by atoms with van der Waals surface area (Å²) in [6, 6.07) is 17.1. The van der Waals surface area contributed by atoms with Crippen LogP contribution < -0.4 is 10.1 Å². The van der Waals surface area contributed by atoms with Crippen molar-refractivity contribution in [1.82, 2.24) is 0 Å². The van der Waals surface area contributed by atoms with E-state index in [4.69, 9.17) is 4.74 Å². The van der Waals surface area contributed by atoms with Crippen LogP contribution in [0.1, 0.15) is 12.5 Å². The molecule has 0 unspecified atom stereocenters. The molecule has 0 heterocycles. The second kappa shape index (κ2) is 6.59. The van der Waals surface area contributed by atoms with Gasteiger partial charge in [0.05, 0.1) is 0 Å². The lowest BCUT2D eigenvalue weighted by molar-refractivity contribution is -0.118. The SMILES string of the molecule is CCc1ccc(OCC(=O)Nc2ccccc2)cc1. The van der Waals surface area contributed by atoms with Gasteiger partial charge in [-0.15, -0.1) is 0 Å². The maximum atomic E-state index is 11.7. The Morgan fingerprint density at radius 1 is 1.05 bits per heavy atom. The summed E-state index contributed by atoms with van der Waals surface area (Å²) in [6.45, 7) is 2.11. The van der Waals surface area contributed by atoms with Crippen LogP contribution in [0.3, 0.4) is 0 Å². The van der Waals surface area contributed by atoms with E-state index >= 15 is 0 Å². The number of carbonyl (C=O) groups is 1. The third-order valence-corrected chi connectivity index (χ3v) is 2.76. The van der Waals surface area contributed by atoms with E-state index < -0.39 is 0 Å². The number of carbonyl (C=O) groups excluding carboxylic acids is 1. The lowest BCUT2D eigenvalue weighted by Gasteiger charge is -2.07. The molecule has 98 valence electrons. The van der Waals surface area contributed by atoms with Crippen LogP contribution in [0.25, 0.3) is 0 Å². The zero-order chi connectivity index (χ0) is 13.5. The fourth-order valence-corrected chi connectivity index (χ4v) is 1.69. The Morgan fingerprint density at radius 2 is 1.74 bits per heavy atom. The summed E-state index contributed by atoms with van der Waals surface area (Å²) in [4.78, 5) is 11.7. The molecule has 0 aliphatic rings. The Balaban J connectivity index is 1.83. The highest BCUT2D eigenvalue weighted by Gasteiger charge is 2.03. The molecule has 0 radical (unpaired) electrons. The van der Waals surface area contributed by atoms with Crippen molar-refractivity contribution in [2.75, 3.05) is 11.9 Å². The fourth-order valence-electron chi connectivity index (χ4n) is 1.69. The van der Waals surface area contributed by atoms with Gasteiger partial charge in [-0.05, 0) is 36.2 Å². The maximum absolute atomic E-state index is 11.7. The number of ether oxygens (including phenoxy) is 1. The van der Waals surface area contributed by atoms with Gasteiger partial charge in [-0.2, -0.15) is 0 Å². The van der Waals surface area contributed by atoms with Crippen molar-refractivity contribution in [3.8, 4) is 5.75 Å². The summed E-state index contributed by atoms with van der Waals surface area (Å²) in [5.74, 6) is 0.547. The number of anilines is 1.